The molecule has 2 saturated carbocycles. The minimum atomic E-state index is -0.852. The minimum Gasteiger partial charge on any atom is -0.481 e. The van der Waals surface area contributed by atoms with Crippen LogP contribution in [0.25, 0.3) is 0 Å². The molecule has 0 saturated heterocycles. The molecular weight excluding hydrogens is 220 g/mol. The van der Waals surface area contributed by atoms with Crippen LogP contribution in [0.3, 0.4) is 0 Å². The summed E-state index contributed by atoms with van der Waals surface area (Å²) >= 11 is 0. The van der Waals surface area contributed by atoms with E-state index in [0.717, 1.165) is 19.3 Å². The third-order valence-corrected chi connectivity index (χ3v) is 3.63. The van der Waals surface area contributed by atoms with Gasteiger partial charge in [0.1, 0.15) is 0 Å². The van der Waals surface area contributed by atoms with Crippen molar-refractivity contribution in [2.75, 3.05) is 6.54 Å². The van der Waals surface area contributed by atoms with E-state index in [1.807, 2.05) is 0 Å². The molecule has 17 heavy (non-hydrogen) atoms. The molecule has 0 aromatic heterocycles. The highest BCUT2D eigenvalue weighted by atomic mass is 16.4. The lowest BCUT2D eigenvalue weighted by Gasteiger charge is -2.22. The summed E-state index contributed by atoms with van der Waals surface area (Å²) in [4.78, 5) is 24.2. The SMILES string of the molecule is CC1(C)CC1NC(=O)N(CCC(=O)O)C1CC1. The van der Waals surface area contributed by atoms with Crippen LogP contribution in [0.2, 0.25) is 0 Å². The Morgan fingerprint density at radius 1 is 1.41 bits per heavy atom. The summed E-state index contributed by atoms with van der Waals surface area (Å²) in [5.41, 5.74) is 0.206. The summed E-state index contributed by atoms with van der Waals surface area (Å²) < 4.78 is 0. The Kier molecular flexibility index (Phi) is 3.02. The molecule has 1 atom stereocenters. The lowest BCUT2D eigenvalue weighted by molar-refractivity contribution is -0.137. The molecule has 5 heteroatoms. The molecule has 96 valence electrons. The van der Waals surface area contributed by atoms with Crippen molar-refractivity contribution in [2.24, 2.45) is 5.41 Å². The Balaban J connectivity index is 1.83. The number of carbonyl (C=O) groups is 2. The Bertz CT molecular complexity index is 337. The van der Waals surface area contributed by atoms with E-state index in [2.05, 4.69) is 19.2 Å². The second-order valence-electron chi connectivity index (χ2n) is 5.76. The van der Waals surface area contributed by atoms with E-state index >= 15 is 0 Å². The van der Waals surface area contributed by atoms with Gasteiger partial charge in [0.15, 0.2) is 0 Å². The second kappa shape index (κ2) is 4.20. The van der Waals surface area contributed by atoms with E-state index in [0.29, 0.717) is 6.54 Å². The first-order valence-electron chi connectivity index (χ1n) is 6.19. The van der Waals surface area contributed by atoms with Crippen molar-refractivity contribution in [3.8, 4) is 0 Å². The molecule has 2 aliphatic carbocycles. The third-order valence-electron chi connectivity index (χ3n) is 3.63. The highest BCUT2D eigenvalue weighted by Crippen LogP contribution is 2.44. The van der Waals surface area contributed by atoms with E-state index in [-0.39, 0.29) is 30.0 Å². The lowest BCUT2D eigenvalue weighted by Crippen LogP contribution is -2.44. The Labute approximate surface area is 101 Å². The summed E-state index contributed by atoms with van der Waals surface area (Å²) in [7, 11) is 0. The molecular formula is C12H20N2O3. The average Bonchev–Trinajstić information content (AvgIpc) is 3.07. The minimum absolute atomic E-state index is 0.0258. The summed E-state index contributed by atoms with van der Waals surface area (Å²) in [6.07, 6.45) is 3.04. The normalized spacial score (nSPS) is 25.2. The third kappa shape index (κ3) is 3.11. The monoisotopic (exact) mass is 240 g/mol. The molecule has 0 aliphatic heterocycles. The van der Waals surface area contributed by atoms with Crippen LogP contribution in [0.4, 0.5) is 4.79 Å². The lowest BCUT2D eigenvalue weighted by atomic mass is 10.2. The number of urea groups is 1. The number of carboxylic acid groups (broad SMARTS) is 1. The Hall–Kier alpha value is -1.26. The number of hydrogen-bond donors (Lipinski definition) is 2. The van der Waals surface area contributed by atoms with Gasteiger partial charge in [0.05, 0.1) is 6.42 Å². The first-order valence-corrected chi connectivity index (χ1v) is 6.19. The van der Waals surface area contributed by atoms with Crippen molar-refractivity contribution in [1.82, 2.24) is 10.2 Å². The molecule has 2 fully saturated rings. The maximum absolute atomic E-state index is 12.0. The molecule has 2 N–H and O–H groups in total. The van der Waals surface area contributed by atoms with Crippen LogP contribution in [0.1, 0.15) is 39.5 Å². The highest BCUT2D eigenvalue weighted by Gasteiger charge is 2.47. The number of rotatable bonds is 5. The van der Waals surface area contributed by atoms with Gasteiger partial charge in [0.2, 0.25) is 0 Å². The summed E-state index contributed by atoms with van der Waals surface area (Å²) in [6.45, 7) is 4.56. The van der Waals surface area contributed by atoms with E-state index < -0.39 is 5.97 Å². The van der Waals surface area contributed by atoms with Gasteiger partial charge in [-0.3, -0.25) is 4.79 Å². The summed E-state index contributed by atoms with van der Waals surface area (Å²) in [5, 5.41) is 11.6. The molecule has 5 nitrogen and oxygen atoms in total. The molecule has 2 aliphatic rings. The molecule has 0 spiro atoms. The van der Waals surface area contributed by atoms with Crippen LogP contribution in [0.5, 0.6) is 0 Å². The first-order chi connectivity index (χ1) is 7.90. The number of aliphatic carboxylic acids is 1. The van der Waals surface area contributed by atoms with Crippen molar-refractivity contribution in [3.63, 3.8) is 0 Å². The Morgan fingerprint density at radius 3 is 2.41 bits per heavy atom. The van der Waals surface area contributed by atoms with Crippen molar-refractivity contribution >= 4 is 12.0 Å². The fourth-order valence-corrected chi connectivity index (χ4v) is 2.00. The summed E-state index contributed by atoms with van der Waals surface area (Å²) in [5.74, 6) is -0.852. The van der Waals surface area contributed by atoms with Gasteiger partial charge in [0, 0.05) is 18.6 Å². The van der Waals surface area contributed by atoms with Gasteiger partial charge in [-0.1, -0.05) is 13.8 Å². The maximum atomic E-state index is 12.0. The van der Waals surface area contributed by atoms with Gasteiger partial charge in [-0.2, -0.15) is 0 Å². The zero-order valence-corrected chi connectivity index (χ0v) is 10.4. The molecule has 0 bridgehead atoms. The highest BCUT2D eigenvalue weighted by molar-refractivity contribution is 5.76. The van der Waals surface area contributed by atoms with E-state index in [4.69, 9.17) is 5.11 Å². The van der Waals surface area contributed by atoms with E-state index in [9.17, 15) is 9.59 Å². The van der Waals surface area contributed by atoms with Crippen molar-refractivity contribution < 1.29 is 14.7 Å². The molecule has 1 unspecified atom stereocenters. The number of carboxylic acids is 1. The molecule has 0 aromatic rings. The predicted octanol–water partition coefficient (Wildman–Crippen LogP) is 1.43. The number of hydrogen-bond acceptors (Lipinski definition) is 2. The van der Waals surface area contributed by atoms with Crippen LogP contribution in [0.15, 0.2) is 0 Å². The first kappa shape index (κ1) is 12.2. The fraction of sp³-hybridized carbons (Fsp3) is 0.833. The van der Waals surface area contributed by atoms with Gasteiger partial charge in [-0.25, -0.2) is 4.79 Å². The van der Waals surface area contributed by atoms with Crippen LogP contribution >= 0.6 is 0 Å². The van der Waals surface area contributed by atoms with Crippen LogP contribution in [0, 0.1) is 5.41 Å². The second-order valence-corrected chi connectivity index (χ2v) is 5.76. The topological polar surface area (TPSA) is 69.6 Å². The van der Waals surface area contributed by atoms with Crippen LogP contribution in [-0.2, 0) is 4.79 Å². The quantitative estimate of drug-likeness (QED) is 0.763. The number of amides is 2. The smallest absolute Gasteiger partial charge is 0.317 e. The van der Waals surface area contributed by atoms with Crippen LogP contribution < -0.4 is 5.32 Å². The fourth-order valence-electron chi connectivity index (χ4n) is 2.00. The molecule has 0 heterocycles. The molecule has 0 aromatic carbocycles. The van der Waals surface area contributed by atoms with Gasteiger partial charge in [-0.15, -0.1) is 0 Å². The van der Waals surface area contributed by atoms with E-state index in [1.54, 1.807) is 4.90 Å². The van der Waals surface area contributed by atoms with Crippen molar-refractivity contribution in [1.29, 1.82) is 0 Å². The number of carbonyl (C=O) groups excluding carboxylic acids is 1. The molecule has 2 rings (SSSR count). The average molecular weight is 240 g/mol. The zero-order valence-electron chi connectivity index (χ0n) is 10.4. The van der Waals surface area contributed by atoms with Gasteiger partial charge < -0.3 is 15.3 Å². The van der Waals surface area contributed by atoms with Gasteiger partial charge in [0.25, 0.3) is 0 Å². The van der Waals surface area contributed by atoms with Gasteiger partial charge >= 0.3 is 12.0 Å². The molecule has 2 amide bonds. The largest absolute Gasteiger partial charge is 0.481 e. The summed E-state index contributed by atoms with van der Waals surface area (Å²) in [6, 6.07) is 0.418. The number of nitrogens with zero attached hydrogens (tertiary/aromatic N) is 1. The maximum Gasteiger partial charge on any atom is 0.317 e. The van der Waals surface area contributed by atoms with E-state index in [1.165, 1.54) is 0 Å². The number of nitrogens with one attached hydrogen (secondary N) is 1. The zero-order chi connectivity index (χ0) is 12.6. The van der Waals surface area contributed by atoms with Crippen molar-refractivity contribution in [2.45, 2.75) is 51.6 Å². The van der Waals surface area contributed by atoms with Gasteiger partial charge in [-0.05, 0) is 24.7 Å². The van der Waals surface area contributed by atoms with Crippen LogP contribution in [-0.4, -0.2) is 40.6 Å². The Morgan fingerprint density at radius 2 is 2.00 bits per heavy atom. The molecule has 0 radical (unpaired) electrons. The standard InChI is InChI=1S/C12H20N2O3/c1-12(2)7-9(12)13-11(17)14(8-3-4-8)6-5-10(15)16/h8-9H,3-7H2,1-2H3,(H,13,17)(H,15,16). The van der Waals surface area contributed by atoms with Crippen molar-refractivity contribution in [3.05, 3.63) is 0 Å². The predicted molar refractivity (Wildman–Crippen MR) is 62.7 cm³/mol.